The number of anilines is 1. The predicted molar refractivity (Wildman–Crippen MR) is 83.8 cm³/mol. The van der Waals surface area contributed by atoms with Gasteiger partial charge in [0.05, 0.1) is 11.3 Å². The number of nitrogens with one attached hydrogen (secondary N) is 1. The summed E-state index contributed by atoms with van der Waals surface area (Å²) in [5.41, 5.74) is 3.12. The molecule has 1 N–H and O–H groups in total. The molecule has 1 aromatic carbocycles. The van der Waals surface area contributed by atoms with Crippen LogP contribution in [0.15, 0.2) is 18.2 Å². The summed E-state index contributed by atoms with van der Waals surface area (Å²) in [5.74, 6) is 0. The molecule has 3 heteroatoms. The van der Waals surface area contributed by atoms with Crippen LogP contribution < -0.4 is 10.2 Å². The summed E-state index contributed by atoms with van der Waals surface area (Å²) >= 11 is 0. The molecule has 0 radical (unpaired) electrons. The highest BCUT2D eigenvalue weighted by molar-refractivity contribution is 5.61. The summed E-state index contributed by atoms with van der Waals surface area (Å²) in [6.45, 7) is 8.33. The van der Waals surface area contributed by atoms with E-state index in [-0.39, 0.29) is 0 Å². The van der Waals surface area contributed by atoms with Crippen LogP contribution in [-0.4, -0.2) is 18.6 Å². The summed E-state index contributed by atoms with van der Waals surface area (Å²) in [5, 5.41) is 12.8. The van der Waals surface area contributed by atoms with Crippen LogP contribution in [0.2, 0.25) is 0 Å². The van der Waals surface area contributed by atoms with Crippen molar-refractivity contribution in [2.75, 3.05) is 11.4 Å². The Morgan fingerprint density at radius 1 is 1.40 bits per heavy atom. The molecule has 0 bridgehead atoms. The summed E-state index contributed by atoms with van der Waals surface area (Å²) in [6.07, 6.45) is 3.65. The lowest BCUT2D eigenvalue weighted by molar-refractivity contribution is 0.589. The van der Waals surface area contributed by atoms with Crippen molar-refractivity contribution in [3.05, 3.63) is 29.3 Å². The van der Waals surface area contributed by atoms with Gasteiger partial charge in [-0.1, -0.05) is 26.8 Å². The Bertz CT molecular complexity index is 483. The Hall–Kier alpha value is -1.53. The molecule has 0 heterocycles. The molecule has 2 rings (SSSR count). The van der Waals surface area contributed by atoms with Gasteiger partial charge in [-0.05, 0) is 37.0 Å². The molecule has 1 aliphatic rings. The van der Waals surface area contributed by atoms with Crippen molar-refractivity contribution in [3.8, 4) is 6.07 Å². The van der Waals surface area contributed by atoms with Crippen molar-refractivity contribution < 1.29 is 0 Å². The fourth-order valence-corrected chi connectivity index (χ4v) is 2.48. The van der Waals surface area contributed by atoms with Gasteiger partial charge in [0.2, 0.25) is 0 Å². The monoisotopic (exact) mass is 271 g/mol. The van der Waals surface area contributed by atoms with Crippen LogP contribution in [0.3, 0.4) is 0 Å². The molecule has 1 aliphatic carbocycles. The van der Waals surface area contributed by atoms with Gasteiger partial charge in [0.15, 0.2) is 0 Å². The van der Waals surface area contributed by atoms with Crippen molar-refractivity contribution >= 4 is 5.69 Å². The first-order valence-corrected chi connectivity index (χ1v) is 7.68. The van der Waals surface area contributed by atoms with Gasteiger partial charge in [-0.15, -0.1) is 0 Å². The zero-order valence-corrected chi connectivity index (χ0v) is 12.8. The average Bonchev–Trinajstić information content (AvgIpc) is 3.27. The second-order valence-corrected chi connectivity index (χ2v) is 5.92. The Labute approximate surface area is 122 Å². The molecular weight excluding hydrogens is 246 g/mol. The number of hydrogen-bond donors (Lipinski definition) is 1. The van der Waals surface area contributed by atoms with Crippen molar-refractivity contribution in [2.45, 2.75) is 58.7 Å². The molecule has 3 nitrogen and oxygen atoms in total. The van der Waals surface area contributed by atoms with Gasteiger partial charge in [0, 0.05) is 25.2 Å². The summed E-state index contributed by atoms with van der Waals surface area (Å²) in [6, 6.07) is 9.81. The molecule has 0 spiro atoms. The lowest BCUT2D eigenvalue weighted by Crippen LogP contribution is -2.27. The van der Waals surface area contributed by atoms with Crippen LogP contribution in [0.25, 0.3) is 0 Å². The van der Waals surface area contributed by atoms with Crippen molar-refractivity contribution in [2.24, 2.45) is 0 Å². The summed E-state index contributed by atoms with van der Waals surface area (Å²) in [4.78, 5) is 2.41. The van der Waals surface area contributed by atoms with Crippen LogP contribution >= 0.6 is 0 Å². The molecule has 0 aromatic heterocycles. The third kappa shape index (κ3) is 3.74. The van der Waals surface area contributed by atoms with Crippen LogP contribution in [-0.2, 0) is 6.54 Å². The quantitative estimate of drug-likeness (QED) is 0.825. The number of nitriles is 1. The standard InChI is InChI=1S/C17H25N3/c1-4-9-20(16-6-7-16)17-8-5-14(10-15(17)11-18)12-19-13(2)3/h5,8,10,13,16,19H,4,6-7,9,12H2,1-3H3. The Balaban J connectivity index is 2.18. The second-order valence-electron chi connectivity index (χ2n) is 5.92. The second kappa shape index (κ2) is 6.76. The zero-order chi connectivity index (χ0) is 14.5. The highest BCUT2D eigenvalue weighted by Gasteiger charge is 2.29. The van der Waals surface area contributed by atoms with Gasteiger partial charge >= 0.3 is 0 Å². The van der Waals surface area contributed by atoms with Gasteiger partial charge in [-0.25, -0.2) is 0 Å². The molecular formula is C17H25N3. The maximum atomic E-state index is 9.44. The number of rotatable bonds is 7. The molecule has 108 valence electrons. The molecule has 0 amide bonds. The van der Waals surface area contributed by atoms with Crippen molar-refractivity contribution in [1.29, 1.82) is 5.26 Å². The van der Waals surface area contributed by atoms with Crippen molar-refractivity contribution in [1.82, 2.24) is 5.32 Å². The van der Waals surface area contributed by atoms with Gasteiger partial charge in [-0.2, -0.15) is 5.26 Å². The number of nitrogens with zero attached hydrogens (tertiary/aromatic N) is 2. The normalized spacial score (nSPS) is 14.3. The summed E-state index contributed by atoms with van der Waals surface area (Å²) in [7, 11) is 0. The minimum absolute atomic E-state index is 0.461. The van der Waals surface area contributed by atoms with E-state index < -0.39 is 0 Å². The maximum Gasteiger partial charge on any atom is 0.101 e. The molecule has 0 unspecified atom stereocenters. The lowest BCUT2D eigenvalue weighted by atomic mass is 10.1. The van der Waals surface area contributed by atoms with E-state index in [1.54, 1.807) is 0 Å². The zero-order valence-electron chi connectivity index (χ0n) is 12.8. The fraction of sp³-hybridized carbons (Fsp3) is 0.588. The largest absolute Gasteiger partial charge is 0.367 e. The minimum Gasteiger partial charge on any atom is -0.367 e. The Morgan fingerprint density at radius 2 is 2.15 bits per heavy atom. The number of hydrogen-bond acceptors (Lipinski definition) is 3. The SMILES string of the molecule is CCCN(c1ccc(CNC(C)C)cc1C#N)C1CC1. The van der Waals surface area contributed by atoms with E-state index in [4.69, 9.17) is 0 Å². The van der Waals surface area contributed by atoms with E-state index >= 15 is 0 Å². The molecule has 1 aromatic rings. The first-order chi connectivity index (χ1) is 9.65. The van der Waals surface area contributed by atoms with Crippen LogP contribution in [0.1, 0.15) is 51.2 Å². The molecule has 20 heavy (non-hydrogen) atoms. The highest BCUT2D eigenvalue weighted by atomic mass is 15.2. The topological polar surface area (TPSA) is 39.1 Å². The maximum absolute atomic E-state index is 9.44. The Morgan fingerprint density at radius 3 is 2.70 bits per heavy atom. The van der Waals surface area contributed by atoms with E-state index in [2.05, 4.69) is 49.2 Å². The van der Waals surface area contributed by atoms with E-state index in [1.807, 2.05) is 6.07 Å². The third-order valence-corrected chi connectivity index (χ3v) is 3.66. The fourth-order valence-electron chi connectivity index (χ4n) is 2.48. The first kappa shape index (κ1) is 14.9. The van der Waals surface area contributed by atoms with Gasteiger partial charge in [0.25, 0.3) is 0 Å². The van der Waals surface area contributed by atoms with E-state index in [0.29, 0.717) is 12.1 Å². The lowest BCUT2D eigenvalue weighted by Gasteiger charge is -2.25. The van der Waals surface area contributed by atoms with Crippen LogP contribution in [0, 0.1) is 11.3 Å². The van der Waals surface area contributed by atoms with Crippen molar-refractivity contribution in [3.63, 3.8) is 0 Å². The first-order valence-electron chi connectivity index (χ1n) is 7.68. The molecule has 0 atom stereocenters. The average molecular weight is 271 g/mol. The van der Waals surface area contributed by atoms with Gasteiger partial charge in [-0.3, -0.25) is 0 Å². The summed E-state index contributed by atoms with van der Waals surface area (Å²) < 4.78 is 0. The molecule has 0 aliphatic heterocycles. The van der Waals surface area contributed by atoms with Crippen LogP contribution in [0.4, 0.5) is 5.69 Å². The minimum atomic E-state index is 0.461. The van der Waals surface area contributed by atoms with Gasteiger partial charge in [0.1, 0.15) is 6.07 Å². The van der Waals surface area contributed by atoms with E-state index in [1.165, 1.54) is 18.4 Å². The molecule has 0 saturated heterocycles. The highest BCUT2D eigenvalue weighted by Crippen LogP contribution is 2.33. The third-order valence-electron chi connectivity index (χ3n) is 3.66. The van der Waals surface area contributed by atoms with E-state index in [0.717, 1.165) is 30.8 Å². The van der Waals surface area contributed by atoms with E-state index in [9.17, 15) is 5.26 Å². The molecule has 1 fully saturated rings. The number of benzene rings is 1. The molecule has 1 saturated carbocycles. The van der Waals surface area contributed by atoms with Crippen LogP contribution in [0.5, 0.6) is 0 Å². The Kier molecular flexibility index (Phi) is 5.03. The predicted octanol–water partition coefficient (Wildman–Crippen LogP) is 3.44. The van der Waals surface area contributed by atoms with Gasteiger partial charge < -0.3 is 10.2 Å². The smallest absolute Gasteiger partial charge is 0.101 e.